The molecule has 1 atom stereocenters. The number of nitrogens with one attached hydrogen (secondary N) is 1. The van der Waals surface area contributed by atoms with Gasteiger partial charge in [-0.05, 0) is 37.3 Å². The van der Waals surface area contributed by atoms with Crippen molar-refractivity contribution in [2.75, 3.05) is 23.3 Å². The maximum Gasteiger partial charge on any atom is 0.268 e. The number of rotatable bonds is 4. The van der Waals surface area contributed by atoms with E-state index in [9.17, 15) is 9.59 Å². The van der Waals surface area contributed by atoms with Gasteiger partial charge in [-0.15, -0.1) is 0 Å². The first kappa shape index (κ1) is 17.2. The van der Waals surface area contributed by atoms with Crippen LogP contribution < -0.4 is 15.8 Å². The Labute approximate surface area is 147 Å². The number of nitrogens with zero attached hydrogens (tertiary/aromatic N) is 3. The van der Waals surface area contributed by atoms with Gasteiger partial charge in [0.15, 0.2) is 0 Å². The van der Waals surface area contributed by atoms with Crippen LogP contribution >= 0.6 is 0 Å². The van der Waals surface area contributed by atoms with Crippen LogP contribution in [0.2, 0.25) is 0 Å². The molecule has 2 aromatic rings. The van der Waals surface area contributed by atoms with Gasteiger partial charge in [0, 0.05) is 38.3 Å². The molecular weight excluding hydrogens is 316 g/mol. The lowest BCUT2D eigenvalue weighted by Gasteiger charge is -2.33. The van der Waals surface area contributed by atoms with Crippen molar-refractivity contribution in [3.63, 3.8) is 0 Å². The molecule has 0 radical (unpaired) electrons. The van der Waals surface area contributed by atoms with Gasteiger partial charge in [-0.2, -0.15) is 5.10 Å². The van der Waals surface area contributed by atoms with Crippen LogP contribution in [0, 0.1) is 12.8 Å². The predicted octanol–water partition coefficient (Wildman–Crippen LogP) is 2.33. The van der Waals surface area contributed by atoms with Gasteiger partial charge in [0.2, 0.25) is 5.91 Å². The second-order valence-electron chi connectivity index (χ2n) is 6.70. The minimum atomic E-state index is -0.114. The zero-order valence-electron chi connectivity index (χ0n) is 14.7. The van der Waals surface area contributed by atoms with Crippen molar-refractivity contribution in [3.8, 4) is 0 Å². The van der Waals surface area contributed by atoms with Crippen molar-refractivity contribution in [2.45, 2.75) is 26.2 Å². The first-order valence-corrected chi connectivity index (χ1v) is 8.67. The topological polar surface area (TPSA) is 67.2 Å². The van der Waals surface area contributed by atoms with Gasteiger partial charge >= 0.3 is 0 Å². The average molecular weight is 340 g/mol. The second kappa shape index (κ2) is 7.51. The van der Waals surface area contributed by atoms with Crippen molar-refractivity contribution in [2.24, 2.45) is 13.0 Å². The van der Waals surface area contributed by atoms with Crippen molar-refractivity contribution in [1.82, 2.24) is 9.78 Å². The normalized spacial score (nSPS) is 17.4. The van der Waals surface area contributed by atoms with Crippen molar-refractivity contribution in [3.05, 3.63) is 52.4 Å². The van der Waals surface area contributed by atoms with Crippen LogP contribution in [0.15, 0.2) is 41.3 Å². The fourth-order valence-corrected chi connectivity index (χ4v) is 3.28. The number of amides is 1. The highest BCUT2D eigenvalue weighted by Gasteiger charge is 2.23. The van der Waals surface area contributed by atoms with Crippen molar-refractivity contribution in [1.29, 1.82) is 0 Å². The smallest absolute Gasteiger partial charge is 0.268 e. The number of hydrogen-bond acceptors (Lipinski definition) is 4. The molecule has 6 heteroatoms. The van der Waals surface area contributed by atoms with E-state index in [-0.39, 0.29) is 17.4 Å². The lowest BCUT2D eigenvalue weighted by Crippen LogP contribution is -2.38. The van der Waals surface area contributed by atoms with E-state index in [2.05, 4.69) is 15.3 Å². The predicted molar refractivity (Wildman–Crippen MR) is 98.8 cm³/mol. The van der Waals surface area contributed by atoms with E-state index in [1.165, 1.54) is 4.68 Å². The molecule has 0 saturated carbocycles. The molecule has 2 heterocycles. The van der Waals surface area contributed by atoms with Crippen LogP contribution in [0.5, 0.6) is 0 Å². The molecule has 0 bridgehead atoms. The highest BCUT2D eigenvalue weighted by molar-refractivity contribution is 5.91. The fourth-order valence-electron chi connectivity index (χ4n) is 3.28. The van der Waals surface area contributed by atoms with E-state index in [0.29, 0.717) is 6.42 Å². The van der Waals surface area contributed by atoms with Crippen LogP contribution in [0.1, 0.15) is 24.8 Å². The molecule has 1 aliphatic heterocycles. The van der Waals surface area contributed by atoms with Gasteiger partial charge in [-0.1, -0.05) is 18.2 Å². The number of benzene rings is 1. The molecule has 6 nitrogen and oxygen atoms in total. The van der Waals surface area contributed by atoms with Gasteiger partial charge in [0.05, 0.1) is 11.9 Å². The Morgan fingerprint density at radius 1 is 1.36 bits per heavy atom. The molecule has 132 valence electrons. The molecule has 1 aliphatic rings. The van der Waals surface area contributed by atoms with Crippen LogP contribution in [-0.4, -0.2) is 28.8 Å². The van der Waals surface area contributed by atoms with Crippen LogP contribution in [0.4, 0.5) is 11.4 Å². The third-order valence-corrected chi connectivity index (χ3v) is 4.73. The molecule has 0 aliphatic carbocycles. The van der Waals surface area contributed by atoms with Crippen molar-refractivity contribution < 1.29 is 4.79 Å². The highest BCUT2D eigenvalue weighted by Crippen LogP contribution is 2.24. The summed E-state index contributed by atoms with van der Waals surface area (Å²) in [6, 6.07) is 9.41. The van der Waals surface area contributed by atoms with Gasteiger partial charge in [-0.25, -0.2) is 4.68 Å². The molecule has 1 saturated heterocycles. The Morgan fingerprint density at radius 3 is 2.92 bits per heavy atom. The quantitative estimate of drug-likeness (QED) is 0.928. The number of aromatic nitrogens is 2. The third-order valence-electron chi connectivity index (χ3n) is 4.73. The molecule has 1 unspecified atom stereocenters. The van der Waals surface area contributed by atoms with Crippen LogP contribution in [-0.2, 0) is 11.8 Å². The van der Waals surface area contributed by atoms with Gasteiger partial charge < -0.3 is 10.2 Å². The van der Waals surface area contributed by atoms with E-state index in [4.69, 9.17) is 0 Å². The summed E-state index contributed by atoms with van der Waals surface area (Å²) in [6.07, 6.45) is 4.24. The summed E-state index contributed by atoms with van der Waals surface area (Å²) >= 11 is 0. The second-order valence-corrected chi connectivity index (χ2v) is 6.70. The van der Waals surface area contributed by atoms with Gasteiger partial charge in [0.25, 0.3) is 5.56 Å². The van der Waals surface area contributed by atoms with E-state index in [1.54, 1.807) is 19.3 Å². The van der Waals surface area contributed by atoms with E-state index in [0.717, 1.165) is 42.9 Å². The molecule has 3 rings (SSSR count). The van der Waals surface area contributed by atoms with Crippen molar-refractivity contribution >= 4 is 17.3 Å². The third kappa shape index (κ3) is 4.26. The lowest BCUT2D eigenvalue weighted by molar-refractivity contribution is -0.117. The number of aryl methyl sites for hydroxylation is 2. The number of piperidine rings is 1. The molecular formula is C19H24N4O2. The van der Waals surface area contributed by atoms with E-state index < -0.39 is 0 Å². The maximum absolute atomic E-state index is 12.4. The molecule has 1 aromatic carbocycles. The Balaban J connectivity index is 1.61. The molecule has 0 spiro atoms. The van der Waals surface area contributed by atoms with Crippen LogP contribution in [0.3, 0.4) is 0 Å². The number of carbonyl (C=O) groups is 1. The number of anilines is 2. The summed E-state index contributed by atoms with van der Waals surface area (Å²) in [6.45, 7) is 3.65. The molecule has 1 amide bonds. The van der Waals surface area contributed by atoms with E-state index >= 15 is 0 Å². The summed E-state index contributed by atoms with van der Waals surface area (Å²) in [5, 5.41) is 7.09. The fraction of sp³-hybridized carbons (Fsp3) is 0.421. The number of hydrogen-bond donors (Lipinski definition) is 1. The summed E-state index contributed by atoms with van der Waals surface area (Å²) in [7, 11) is 1.64. The molecule has 1 aromatic heterocycles. The number of para-hydroxylation sites is 1. The Hall–Kier alpha value is -2.63. The number of carbonyl (C=O) groups excluding carboxylic acids is 1. The SMILES string of the molecule is Cc1ccccc1NC(=O)CC1CCCN(c2cnn(C)c(=O)c2)C1. The minimum absolute atomic E-state index is 0.0447. The summed E-state index contributed by atoms with van der Waals surface area (Å²) < 4.78 is 1.32. The summed E-state index contributed by atoms with van der Waals surface area (Å²) in [5.41, 5.74) is 2.66. The van der Waals surface area contributed by atoms with Crippen LogP contribution in [0.25, 0.3) is 0 Å². The minimum Gasteiger partial charge on any atom is -0.370 e. The molecule has 1 N–H and O–H groups in total. The standard InChI is InChI=1S/C19H24N4O2/c1-14-6-3-4-8-17(14)21-18(24)10-15-7-5-9-23(13-15)16-11-19(25)22(2)20-12-16/h3-4,6,8,11-12,15H,5,7,9-10,13H2,1-2H3,(H,21,24). The van der Waals surface area contributed by atoms with Gasteiger partial charge in [-0.3, -0.25) is 9.59 Å². The Morgan fingerprint density at radius 2 is 2.16 bits per heavy atom. The Bertz CT molecular complexity index is 815. The highest BCUT2D eigenvalue weighted by atomic mass is 16.1. The molecule has 25 heavy (non-hydrogen) atoms. The Kier molecular flexibility index (Phi) is 5.16. The first-order chi connectivity index (χ1) is 12.0. The van der Waals surface area contributed by atoms with E-state index in [1.807, 2.05) is 31.2 Å². The summed E-state index contributed by atoms with van der Waals surface area (Å²) in [4.78, 5) is 26.3. The monoisotopic (exact) mass is 340 g/mol. The molecule has 1 fully saturated rings. The lowest BCUT2D eigenvalue weighted by atomic mass is 9.94. The first-order valence-electron chi connectivity index (χ1n) is 8.67. The van der Waals surface area contributed by atoms with Gasteiger partial charge in [0.1, 0.15) is 0 Å². The zero-order valence-corrected chi connectivity index (χ0v) is 14.7. The largest absolute Gasteiger partial charge is 0.370 e. The maximum atomic E-state index is 12.4. The zero-order chi connectivity index (χ0) is 17.8. The average Bonchev–Trinajstić information content (AvgIpc) is 2.59. The summed E-state index contributed by atoms with van der Waals surface area (Å²) in [5.74, 6) is 0.324.